The number of benzene rings is 2. The third-order valence-corrected chi connectivity index (χ3v) is 4.56. The van der Waals surface area contributed by atoms with Crippen molar-refractivity contribution in [2.75, 3.05) is 18.4 Å². The standard InChI is InChI=1S/C24H23FN4O3/c1-17-4-2-6-21(12-17)28-22(30)14-27-23(31)16-29(15-18-7-9-20(25)10-8-18)24(32)19-5-3-11-26-13-19/h2-13H,14-16H2,1H3,(H,27,31)(H,28,30). The Morgan fingerprint density at radius 2 is 1.78 bits per heavy atom. The summed E-state index contributed by atoms with van der Waals surface area (Å²) in [6.07, 6.45) is 2.95. The summed E-state index contributed by atoms with van der Waals surface area (Å²) >= 11 is 0. The molecule has 0 atom stereocenters. The Hall–Kier alpha value is -4.07. The average Bonchev–Trinajstić information content (AvgIpc) is 2.79. The van der Waals surface area contributed by atoms with Crippen LogP contribution in [0, 0.1) is 12.7 Å². The van der Waals surface area contributed by atoms with Crippen LogP contribution in [0.2, 0.25) is 0 Å². The minimum atomic E-state index is -0.497. The number of nitrogens with one attached hydrogen (secondary N) is 2. The number of aromatic nitrogens is 1. The summed E-state index contributed by atoms with van der Waals surface area (Å²) in [6, 6.07) is 16.2. The van der Waals surface area contributed by atoms with Crippen LogP contribution in [0.3, 0.4) is 0 Å². The molecule has 2 aromatic carbocycles. The number of nitrogens with zero attached hydrogens (tertiary/aromatic N) is 2. The quantitative estimate of drug-likeness (QED) is 0.570. The van der Waals surface area contributed by atoms with E-state index >= 15 is 0 Å². The molecule has 3 rings (SSSR count). The number of hydrogen-bond donors (Lipinski definition) is 2. The highest BCUT2D eigenvalue weighted by molar-refractivity contribution is 5.98. The molecule has 0 aliphatic carbocycles. The number of hydrogen-bond acceptors (Lipinski definition) is 4. The molecule has 7 nitrogen and oxygen atoms in total. The predicted molar refractivity (Wildman–Crippen MR) is 118 cm³/mol. The Kier molecular flexibility index (Phi) is 7.64. The van der Waals surface area contributed by atoms with Crippen molar-refractivity contribution in [1.82, 2.24) is 15.2 Å². The Balaban J connectivity index is 1.62. The van der Waals surface area contributed by atoms with Gasteiger partial charge in [-0.1, -0.05) is 24.3 Å². The van der Waals surface area contributed by atoms with Crippen LogP contribution >= 0.6 is 0 Å². The lowest BCUT2D eigenvalue weighted by atomic mass is 10.2. The molecule has 0 bridgehead atoms. The molecule has 3 aromatic rings. The van der Waals surface area contributed by atoms with E-state index in [9.17, 15) is 18.8 Å². The molecule has 1 aromatic heterocycles. The Morgan fingerprint density at radius 1 is 1.00 bits per heavy atom. The van der Waals surface area contributed by atoms with E-state index in [4.69, 9.17) is 0 Å². The first-order chi connectivity index (χ1) is 15.4. The number of halogens is 1. The number of pyridine rings is 1. The van der Waals surface area contributed by atoms with Gasteiger partial charge >= 0.3 is 0 Å². The van der Waals surface area contributed by atoms with Gasteiger partial charge in [-0.15, -0.1) is 0 Å². The van der Waals surface area contributed by atoms with Gasteiger partial charge in [0.15, 0.2) is 0 Å². The zero-order valence-electron chi connectivity index (χ0n) is 17.5. The fraction of sp³-hybridized carbons (Fsp3) is 0.167. The van der Waals surface area contributed by atoms with E-state index in [1.165, 1.54) is 23.2 Å². The minimum Gasteiger partial charge on any atom is -0.345 e. The molecular weight excluding hydrogens is 411 g/mol. The van der Waals surface area contributed by atoms with Gasteiger partial charge < -0.3 is 15.5 Å². The van der Waals surface area contributed by atoms with E-state index in [2.05, 4.69) is 15.6 Å². The molecule has 0 aliphatic rings. The van der Waals surface area contributed by atoms with Crippen molar-refractivity contribution in [2.45, 2.75) is 13.5 Å². The molecule has 0 spiro atoms. The van der Waals surface area contributed by atoms with E-state index in [0.29, 0.717) is 16.8 Å². The zero-order chi connectivity index (χ0) is 22.9. The second kappa shape index (κ2) is 10.8. The third-order valence-electron chi connectivity index (χ3n) is 4.56. The van der Waals surface area contributed by atoms with Gasteiger partial charge in [0, 0.05) is 24.6 Å². The van der Waals surface area contributed by atoms with Gasteiger partial charge in [0.1, 0.15) is 12.4 Å². The monoisotopic (exact) mass is 434 g/mol. The topological polar surface area (TPSA) is 91.4 Å². The van der Waals surface area contributed by atoms with Gasteiger partial charge in [-0.25, -0.2) is 4.39 Å². The van der Waals surface area contributed by atoms with Crippen molar-refractivity contribution in [3.05, 3.63) is 95.6 Å². The Morgan fingerprint density at radius 3 is 2.47 bits per heavy atom. The van der Waals surface area contributed by atoms with Crippen LogP contribution in [0.5, 0.6) is 0 Å². The minimum absolute atomic E-state index is 0.0942. The van der Waals surface area contributed by atoms with Gasteiger partial charge in [-0.3, -0.25) is 19.4 Å². The number of aryl methyl sites for hydroxylation is 1. The van der Waals surface area contributed by atoms with Crippen molar-refractivity contribution in [3.8, 4) is 0 Å². The van der Waals surface area contributed by atoms with Gasteiger partial charge in [-0.05, 0) is 54.4 Å². The molecule has 0 unspecified atom stereocenters. The zero-order valence-corrected chi connectivity index (χ0v) is 17.5. The Labute approximate surface area is 185 Å². The van der Waals surface area contributed by atoms with Crippen LogP contribution in [-0.4, -0.2) is 40.7 Å². The Bertz CT molecular complexity index is 1090. The average molecular weight is 434 g/mol. The molecule has 164 valence electrons. The van der Waals surface area contributed by atoms with E-state index < -0.39 is 17.6 Å². The van der Waals surface area contributed by atoms with E-state index in [-0.39, 0.29) is 25.5 Å². The lowest BCUT2D eigenvalue weighted by Crippen LogP contribution is -2.42. The molecule has 2 N–H and O–H groups in total. The molecule has 1 heterocycles. The summed E-state index contributed by atoms with van der Waals surface area (Å²) in [5.41, 5.74) is 2.61. The molecule has 3 amide bonds. The summed E-state index contributed by atoms with van der Waals surface area (Å²) in [5, 5.41) is 5.24. The summed E-state index contributed by atoms with van der Waals surface area (Å²) < 4.78 is 13.2. The van der Waals surface area contributed by atoms with Gasteiger partial charge in [0.2, 0.25) is 11.8 Å². The van der Waals surface area contributed by atoms with Gasteiger partial charge in [0.25, 0.3) is 5.91 Å². The highest BCUT2D eigenvalue weighted by Crippen LogP contribution is 2.11. The second-order valence-electron chi connectivity index (χ2n) is 7.22. The van der Waals surface area contributed by atoms with E-state index in [0.717, 1.165) is 5.56 Å². The van der Waals surface area contributed by atoms with Crippen LogP contribution in [-0.2, 0) is 16.1 Å². The molecule has 32 heavy (non-hydrogen) atoms. The van der Waals surface area contributed by atoms with Crippen LogP contribution in [0.25, 0.3) is 0 Å². The molecule has 8 heteroatoms. The summed E-state index contributed by atoms with van der Waals surface area (Å²) in [5.74, 6) is -1.67. The largest absolute Gasteiger partial charge is 0.345 e. The second-order valence-corrected chi connectivity index (χ2v) is 7.22. The van der Waals surface area contributed by atoms with Crippen molar-refractivity contribution in [2.24, 2.45) is 0 Å². The molecule has 0 radical (unpaired) electrons. The van der Waals surface area contributed by atoms with Crippen molar-refractivity contribution >= 4 is 23.4 Å². The molecular formula is C24H23FN4O3. The highest BCUT2D eigenvalue weighted by atomic mass is 19.1. The van der Waals surface area contributed by atoms with E-state index in [1.54, 1.807) is 36.5 Å². The van der Waals surface area contributed by atoms with Crippen LogP contribution < -0.4 is 10.6 Å². The third kappa shape index (κ3) is 6.73. The van der Waals surface area contributed by atoms with Crippen LogP contribution in [0.15, 0.2) is 73.1 Å². The van der Waals surface area contributed by atoms with Crippen LogP contribution in [0.4, 0.5) is 10.1 Å². The first-order valence-electron chi connectivity index (χ1n) is 9.97. The summed E-state index contributed by atoms with van der Waals surface area (Å²) in [7, 11) is 0. The first kappa shape index (κ1) is 22.6. The first-order valence-corrected chi connectivity index (χ1v) is 9.97. The number of anilines is 1. The molecule has 0 fully saturated rings. The maximum absolute atomic E-state index is 13.2. The molecule has 0 aliphatic heterocycles. The number of amides is 3. The van der Waals surface area contributed by atoms with E-state index in [1.807, 2.05) is 25.1 Å². The number of carbonyl (C=O) groups excluding carboxylic acids is 3. The fourth-order valence-electron chi connectivity index (χ4n) is 3.02. The van der Waals surface area contributed by atoms with Crippen molar-refractivity contribution in [1.29, 1.82) is 0 Å². The maximum Gasteiger partial charge on any atom is 0.256 e. The normalized spacial score (nSPS) is 10.3. The fourth-order valence-corrected chi connectivity index (χ4v) is 3.02. The van der Waals surface area contributed by atoms with Crippen molar-refractivity contribution < 1.29 is 18.8 Å². The van der Waals surface area contributed by atoms with Gasteiger partial charge in [-0.2, -0.15) is 0 Å². The number of rotatable bonds is 8. The molecule has 0 saturated carbocycles. The summed E-state index contributed by atoms with van der Waals surface area (Å²) in [6.45, 7) is 1.49. The lowest BCUT2D eigenvalue weighted by Gasteiger charge is -2.22. The summed E-state index contributed by atoms with van der Waals surface area (Å²) in [4.78, 5) is 42.8. The number of carbonyl (C=O) groups is 3. The maximum atomic E-state index is 13.2. The smallest absolute Gasteiger partial charge is 0.256 e. The predicted octanol–water partition coefficient (Wildman–Crippen LogP) is 2.93. The molecule has 0 saturated heterocycles. The van der Waals surface area contributed by atoms with Gasteiger partial charge in [0.05, 0.1) is 12.1 Å². The SMILES string of the molecule is Cc1cccc(NC(=O)CNC(=O)CN(Cc2ccc(F)cc2)C(=O)c2cccnc2)c1. The van der Waals surface area contributed by atoms with Crippen LogP contribution in [0.1, 0.15) is 21.5 Å². The highest BCUT2D eigenvalue weighted by Gasteiger charge is 2.20. The van der Waals surface area contributed by atoms with Crippen molar-refractivity contribution in [3.63, 3.8) is 0 Å². The lowest BCUT2D eigenvalue weighted by molar-refractivity contribution is -0.124.